The summed E-state index contributed by atoms with van der Waals surface area (Å²) in [6.45, 7) is 2.08. The van der Waals surface area contributed by atoms with Crippen LogP contribution >= 0.6 is 56.2 Å². The van der Waals surface area contributed by atoms with Crippen LogP contribution in [0.2, 0.25) is 0 Å². The predicted octanol–water partition coefficient (Wildman–Crippen LogP) is -0.883. The molecule has 11 radical (unpaired) electrons. The molecule has 0 aliphatic rings. The molecule has 14 heteroatoms. The van der Waals surface area contributed by atoms with Crippen molar-refractivity contribution < 1.29 is 0 Å². The van der Waals surface area contributed by atoms with Gasteiger partial charge in [0.05, 0.1) is 6.89 Å². The van der Waals surface area contributed by atoms with E-state index in [-0.39, 0.29) is 1.88 Å². The number of hydrogen-bond acceptors (Lipinski definition) is 0. The van der Waals surface area contributed by atoms with E-state index in [0.717, 1.165) is 0 Å². The molecular weight excluding hydrogens is 391 g/mol. The van der Waals surface area contributed by atoms with Crippen molar-refractivity contribution in [3.8, 4) is 0 Å². The summed E-state index contributed by atoms with van der Waals surface area (Å²) < 4.78 is -0.160. The minimum absolute atomic E-state index is 0.160. The fourth-order valence-electron chi connectivity index (χ4n) is 0.583. The minimum Gasteiger partial charge on any atom is -0.133 e. The molecular formula is CHB10Br3P. The monoisotopic (exact) mass is 391 g/mol. The van der Waals surface area contributed by atoms with Gasteiger partial charge in [-0.3, -0.25) is 0 Å². The first kappa shape index (κ1) is 17.5. The molecule has 0 aromatic rings. The maximum atomic E-state index is 5.16. The third-order valence-electron chi connectivity index (χ3n) is 1.12. The molecule has 0 spiro atoms. The summed E-state index contributed by atoms with van der Waals surface area (Å²) in [5.74, 6) is 0. The van der Waals surface area contributed by atoms with Crippen LogP contribution in [-0.4, -0.2) is 73.0 Å². The first-order valence-corrected chi connectivity index (χ1v) is 7.56. The van der Waals surface area contributed by atoms with Gasteiger partial charge in [-0.2, -0.15) is 0 Å². The molecule has 0 amide bonds. The van der Waals surface area contributed by atoms with Crippen molar-refractivity contribution in [1.29, 1.82) is 0 Å². The highest BCUT2D eigenvalue weighted by atomic mass is 80.0. The molecule has 0 heterocycles. The Morgan fingerprint density at radius 1 is 0.800 bits per heavy atom. The largest absolute Gasteiger partial charge is 0.141 e. The Bertz CT molecular complexity index is 139. The lowest BCUT2D eigenvalue weighted by Crippen LogP contribution is -2.31. The molecule has 0 aliphatic carbocycles. The van der Waals surface area contributed by atoms with Gasteiger partial charge < -0.3 is 0 Å². The molecule has 0 nitrogen and oxygen atoms in total. The lowest BCUT2D eigenvalue weighted by Gasteiger charge is -2.10. The fourth-order valence-corrected chi connectivity index (χ4v) is 2.17. The van der Waals surface area contributed by atoms with E-state index in [9.17, 15) is 0 Å². The first-order valence-electron chi connectivity index (χ1n) is 4.11. The van der Waals surface area contributed by atoms with Crippen LogP contribution in [0.25, 0.3) is 0 Å². The highest BCUT2D eigenvalue weighted by Gasteiger charge is 2.15. The van der Waals surface area contributed by atoms with Crippen molar-refractivity contribution >= 4 is 127 Å². The van der Waals surface area contributed by atoms with E-state index < -0.39 is 0 Å². The average molecular weight is 392 g/mol. The van der Waals surface area contributed by atoms with Gasteiger partial charge in [-0.05, 0) is 0 Å². The van der Waals surface area contributed by atoms with E-state index in [4.69, 9.17) is 7.74 Å². The van der Waals surface area contributed by atoms with Gasteiger partial charge in [0.15, 0.2) is 0 Å². The highest BCUT2D eigenvalue weighted by molar-refractivity contribution is 9.41. The van der Waals surface area contributed by atoms with Gasteiger partial charge >= 0.3 is 0 Å². The van der Waals surface area contributed by atoms with E-state index in [2.05, 4.69) is 54.7 Å². The quantitative estimate of drug-likeness (QED) is 0.207. The van der Waals surface area contributed by atoms with Crippen LogP contribution in [0, 0.1) is 0 Å². The number of halogens is 3. The summed E-state index contributed by atoms with van der Waals surface area (Å²) in [5, 5.41) is 0. The van der Waals surface area contributed by atoms with Crippen LogP contribution in [0.3, 0.4) is 0 Å². The smallest absolute Gasteiger partial charge is 0.133 e. The molecule has 0 bridgehead atoms. The summed E-state index contributed by atoms with van der Waals surface area (Å²) in [7, 11) is 20.7. The normalized spacial score (nSPS) is 10.3. The summed E-state index contributed by atoms with van der Waals surface area (Å²) >= 11 is 10.3. The summed E-state index contributed by atoms with van der Waals surface area (Å²) in [6, 6.07) is 0. The van der Waals surface area contributed by atoms with Gasteiger partial charge in [-0.1, -0.05) is 47.8 Å². The Hall–Kier alpha value is 2.52. The van der Waals surface area contributed by atoms with E-state index in [1.165, 1.54) is 7.06 Å². The maximum absolute atomic E-state index is 5.16. The zero-order chi connectivity index (χ0) is 11.6. The van der Waals surface area contributed by atoms with E-state index >= 15 is 0 Å². The van der Waals surface area contributed by atoms with Gasteiger partial charge in [0, 0.05) is 64.2 Å². The molecule has 1 unspecified atom stereocenters. The summed E-state index contributed by atoms with van der Waals surface area (Å²) in [5.41, 5.74) is 0. The second-order valence-electron chi connectivity index (χ2n) is 2.35. The molecule has 0 fully saturated rings. The molecule has 0 saturated heterocycles. The zero-order valence-corrected chi connectivity index (χ0v) is 13.7. The Morgan fingerprint density at radius 3 is 1.73 bits per heavy atom. The number of alkyl halides is 3. The molecule has 0 rings (SSSR count). The lowest BCUT2D eigenvalue weighted by molar-refractivity contribution is 2.07. The van der Waals surface area contributed by atoms with Gasteiger partial charge in [-0.25, -0.2) is 0 Å². The van der Waals surface area contributed by atoms with Gasteiger partial charge in [-0.15, -0.1) is 8.46 Å². The van der Waals surface area contributed by atoms with Crippen LogP contribution in [0.5, 0.6) is 0 Å². The van der Waals surface area contributed by atoms with Gasteiger partial charge in [0.25, 0.3) is 0 Å². The standard InChI is InChI=1S/CHB10Br3P/c2-3-4-5-6-7-8-9-10-11-15-1(12,13)14/h15H. The van der Waals surface area contributed by atoms with Crippen LogP contribution in [-0.2, 0) is 0 Å². The Labute approximate surface area is 128 Å². The number of hydrogen-bond donors (Lipinski definition) is 0. The zero-order valence-electron chi connectivity index (χ0n) is 7.91. The first-order chi connectivity index (χ1) is 7.06. The van der Waals surface area contributed by atoms with Crippen LogP contribution in [0.4, 0.5) is 0 Å². The van der Waals surface area contributed by atoms with Crippen molar-refractivity contribution in [2.45, 2.75) is 1.88 Å². The molecule has 0 aromatic heterocycles. The Morgan fingerprint density at radius 2 is 1.27 bits per heavy atom. The molecule has 15 heavy (non-hydrogen) atoms. The van der Waals surface area contributed by atoms with E-state index in [1.54, 1.807) is 7.06 Å². The second-order valence-corrected chi connectivity index (χ2v) is 12.7. The van der Waals surface area contributed by atoms with Crippen molar-refractivity contribution in [3.05, 3.63) is 0 Å². The molecule has 1 atom stereocenters. The highest BCUT2D eigenvalue weighted by Crippen LogP contribution is 2.48. The summed E-state index contributed by atoms with van der Waals surface area (Å²) in [4.78, 5) is 0. The predicted molar refractivity (Wildman–Crippen MR) is 95.4 cm³/mol. The van der Waals surface area contributed by atoms with Crippen molar-refractivity contribution in [2.24, 2.45) is 0 Å². The Balaban J connectivity index is 2.99. The van der Waals surface area contributed by atoms with Crippen molar-refractivity contribution in [2.75, 3.05) is 0 Å². The van der Waals surface area contributed by atoms with Crippen LogP contribution in [0.1, 0.15) is 0 Å². The topological polar surface area (TPSA) is 0 Å². The van der Waals surface area contributed by atoms with Gasteiger partial charge in [0.1, 0.15) is 1.88 Å². The van der Waals surface area contributed by atoms with E-state index in [1.807, 2.05) is 42.4 Å². The number of rotatable bonds is 9. The third kappa shape index (κ3) is 16.5. The molecule has 0 N–H and O–H groups in total. The van der Waals surface area contributed by atoms with Crippen molar-refractivity contribution in [3.63, 3.8) is 0 Å². The van der Waals surface area contributed by atoms with Crippen LogP contribution in [0.15, 0.2) is 0 Å². The van der Waals surface area contributed by atoms with E-state index in [0.29, 0.717) is 8.46 Å². The Kier molecular flexibility index (Phi) is 13.5. The SMILES string of the molecule is [B][B][B][B][B][B][B][B][B][B]PC(Br)(Br)Br. The summed E-state index contributed by atoms with van der Waals surface area (Å²) in [6.07, 6.45) is 0. The molecule has 0 saturated carbocycles. The molecule has 0 aromatic carbocycles. The van der Waals surface area contributed by atoms with Crippen LogP contribution < -0.4 is 0 Å². The average Bonchev–Trinajstić information content (AvgIpc) is 2.14. The molecule has 61 valence electrons. The van der Waals surface area contributed by atoms with Gasteiger partial charge in [0.2, 0.25) is 0 Å². The van der Waals surface area contributed by atoms with Crippen molar-refractivity contribution in [1.82, 2.24) is 0 Å². The second kappa shape index (κ2) is 11.6. The third-order valence-corrected chi connectivity index (χ3v) is 3.87. The maximum Gasteiger partial charge on any atom is 0.141 e. The lowest BCUT2D eigenvalue weighted by atomic mass is 8.89. The minimum atomic E-state index is -0.160. The fraction of sp³-hybridized carbons (Fsp3) is 1.00. The molecule has 0 aliphatic heterocycles.